The van der Waals surface area contributed by atoms with E-state index in [1.165, 1.54) is 0 Å². The molecule has 0 spiro atoms. The van der Waals surface area contributed by atoms with Crippen LogP contribution in [0.2, 0.25) is 0 Å². The van der Waals surface area contributed by atoms with Gasteiger partial charge in [0, 0.05) is 12.0 Å². The number of hydrogen-bond acceptors (Lipinski definition) is 2. The minimum atomic E-state index is -0.785. The molecule has 0 aromatic rings. The highest BCUT2D eigenvalue weighted by molar-refractivity contribution is 5.85. The van der Waals surface area contributed by atoms with Crippen molar-refractivity contribution in [1.82, 2.24) is 5.32 Å². The predicted octanol–water partition coefficient (Wildman–Crippen LogP) is 2.04. The molecule has 0 saturated heterocycles. The van der Waals surface area contributed by atoms with Crippen LogP contribution >= 0.6 is 0 Å². The van der Waals surface area contributed by atoms with Crippen LogP contribution in [0.4, 0.5) is 0 Å². The van der Waals surface area contributed by atoms with E-state index in [4.69, 9.17) is 5.11 Å². The van der Waals surface area contributed by atoms with E-state index in [1.54, 1.807) is 0 Å². The van der Waals surface area contributed by atoms with Crippen LogP contribution in [0.25, 0.3) is 0 Å². The molecule has 0 aliphatic heterocycles. The minimum Gasteiger partial charge on any atom is -0.481 e. The lowest BCUT2D eigenvalue weighted by Crippen LogP contribution is -2.41. The highest BCUT2D eigenvalue weighted by Gasteiger charge is 2.68. The zero-order valence-electron chi connectivity index (χ0n) is 11.6. The molecule has 4 heteroatoms. The van der Waals surface area contributed by atoms with Crippen LogP contribution in [0.5, 0.6) is 0 Å². The number of carbonyl (C=O) groups is 2. The van der Waals surface area contributed by atoms with E-state index < -0.39 is 11.9 Å². The summed E-state index contributed by atoms with van der Waals surface area (Å²) in [5, 5.41) is 12.1. The van der Waals surface area contributed by atoms with Crippen molar-refractivity contribution in [3.63, 3.8) is 0 Å². The van der Waals surface area contributed by atoms with Crippen LogP contribution < -0.4 is 5.32 Å². The standard InChI is InChI=1S/C14H23NO3/c1-13(2)10(14(13,3)4)11(16)15-9-7-5-6-8(9)12(17)18/h8-10H,5-7H2,1-4H3,(H,15,16)(H,17,18)/t8-,9+/m0/s1. The van der Waals surface area contributed by atoms with Gasteiger partial charge < -0.3 is 10.4 Å². The van der Waals surface area contributed by atoms with Gasteiger partial charge in [0.2, 0.25) is 5.91 Å². The Morgan fingerprint density at radius 1 is 1.11 bits per heavy atom. The molecule has 2 rings (SSSR count). The van der Waals surface area contributed by atoms with Gasteiger partial charge in [0.05, 0.1) is 5.92 Å². The Kier molecular flexibility index (Phi) is 2.95. The largest absolute Gasteiger partial charge is 0.481 e. The fourth-order valence-electron chi connectivity index (χ4n) is 3.55. The number of rotatable bonds is 3. The third-order valence-corrected chi connectivity index (χ3v) is 5.44. The summed E-state index contributed by atoms with van der Waals surface area (Å²) < 4.78 is 0. The molecular formula is C14H23NO3. The molecular weight excluding hydrogens is 230 g/mol. The highest BCUT2D eigenvalue weighted by Crippen LogP contribution is 2.68. The number of aliphatic carboxylic acids is 1. The van der Waals surface area contributed by atoms with Gasteiger partial charge in [0.25, 0.3) is 0 Å². The summed E-state index contributed by atoms with van der Waals surface area (Å²) in [5.74, 6) is -1.16. The first-order valence-corrected chi connectivity index (χ1v) is 6.73. The number of carboxylic acid groups (broad SMARTS) is 1. The van der Waals surface area contributed by atoms with E-state index in [0.717, 1.165) is 12.8 Å². The second-order valence-corrected chi connectivity index (χ2v) is 6.87. The maximum Gasteiger partial charge on any atom is 0.308 e. The monoisotopic (exact) mass is 253 g/mol. The van der Waals surface area contributed by atoms with E-state index in [1.807, 2.05) is 0 Å². The zero-order valence-corrected chi connectivity index (χ0v) is 11.6. The van der Waals surface area contributed by atoms with Crippen molar-refractivity contribution in [1.29, 1.82) is 0 Å². The lowest BCUT2D eigenvalue weighted by molar-refractivity contribution is -0.142. The number of carboxylic acids is 1. The molecule has 2 saturated carbocycles. The quantitative estimate of drug-likeness (QED) is 0.809. The maximum atomic E-state index is 12.3. The van der Waals surface area contributed by atoms with Crippen molar-refractivity contribution >= 4 is 11.9 Å². The van der Waals surface area contributed by atoms with Gasteiger partial charge in [0.1, 0.15) is 0 Å². The summed E-state index contributed by atoms with van der Waals surface area (Å²) >= 11 is 0. The van der Waals surface area contributed by atoms with Gasteiger partial charge in [-0.1, -0.05) is 34.1 Å². The van der Waals surface area contributed by atoms with Crippen LogP contribution in [-0.2, 0) is 9.59 Å². The van der Waals surface area contributed by atoms with Crippen molar-refractivity contribution in [3.8, 4) is 0 Å². The van der Waals surface area contributed by atoms with Crippen molar-refractivity contribution in [2.24, 2.45) is 22.7 Å². The second kappa shape index (κ2) is 3.97. The van der Waals surface area contributed by atoms with E-state index in [2.05, 4.69) is 33.0 Å². The summed E-state index contributed by atoms with van der Waals surface area (Å²) in [5.41, 5.74) is 0.0167. The molecule has 0 aromatic heterocycles. The lowest BCUT2D eigenvalue weighted by Gasteiger charge is -2.18. The molecule has 0 unspecified atom stereocenters. The van der Waals surface area contributed by atoms with Crippen LogP contribution in [-0.4, -0.2) is 23.0 Å². The van der Waals surface area contributed by atoms with Gasteiger partial charge in [-0.05, 0) is 23.7 Å². The Balaban J connectivity index is 1.99. The third kappa shape index (κ3) is 1.82. The number of hydrogen-bond donors (Lipinski definition) is 2. The molecule has 1 amide bonds. The van der Waals surface area contributed by atoms with Crippen LogP contribution in [0.15, 0.2) is 0 Å². The predicted molar refractivity (Wildman–Crippen MR) is 68.0 cm³/mol. The van der Waals surface area contributed by atoms with Gasteiger partial charge >= 0.3 is 5.97 Å². The lowest BCUT2D eigenvalue weighted by atomic mass is 10.0. The van der Waals surface area contributed by atoms with Gasteiger partial charge in [-0.25, -0.2) is 0 Å². The summed E-state index contributed by atoms with van der Waals surface area (Å²) in [4.78, 5) is 23.3. The number of amides is 1. The molecule has 0 heterocycles. The Morgan fingerprint density at radius 2 is 1.67 bits per heavy atom. The molecule has 0 aromatic carbocycles. The highest BCUT2D eigenvalue weighted by atomic mass is 16.4. The molecule has 0 bridgehead atoms. The molecule has 102 valence electrons. The van der Waals surface area contributed by atoms with E-state index in [9.17, 15) is 9.59 Å². The van der Waals surface area contributed by atoms with E-state index >= 15 is 0 Å². The van der Waals surface area contributed by atoms with E-state index in [0.29, 0.717) is 6.42 Å². The van der Waals surface area contributed by atoms with Gasteiger partial charge in [-0.15, -0.1) is 0 Å². The van der Waals surface area contributed by atoms with Crippen molar-refractivity contribution < 1.29 is 14.7 Å². The van der Waals surface area contributed by atoms with Crippen LogP contribution in [0.1, 0.15) is 47.0 Å². The maximum absolute atomic E-state index is 12.3. The molecule has 4 nitrogen and oxygen atoms in total. The topological polar surface area (TPSA) is 66.4 Å². The Morgan fingerprint density at radius 3 is 2.11 bits per heavy atom. The first kappa shape index (κ1) is 13.4. The second-order valence-electron chi connectivity index (χ2n) is 6.87. The summed E-state index contributed by atoms with van der Waals surface area (Å²) in [6.07, 6.45) is 2.35. The Hall–Kier alpha value is -1.06. The third-order valence-electron chi connectivity index (χ3n) is 5.44. The van der Waals surface area contributed by atoms with Gasteiger partial charge in [-0.2, -0.15) is 0 Å². The molecule has 0 radical (unpaired) electrons. The fourth-order valence-corrected chi connectivity index (χ4v) is 3.55. The van der Waals surface area contributed by atoms with Crippen molar-refractivity contribution in [2.45, 2.75) is 53.0 Å². The summed E-state index contributed by atoms with van der Waals surface area (Å²) in [7, 11) is 0. The molecule has 18 heavy (non-hydrogen) atoms. The fraction of sp³-hybridized carbons (Fsp3) is 0.857. The normalized spacial score (nSPS) is 33.1. The smallest absolute Gasteiger partial charge is 0.308 e. The summed E-state index contributed by atoms with van der Waals surface area (Å²) in [6.45, 7) is 8.39. The molecule has 2 aliphatic carbocycles. The average Bonchev–Trinajstić information content (AvgIpc) is 2.59. The molecule has 2 N–H and O–H groups in total. The van der Waals surface area contributed by atoms with Gasteiger partial charge in [0.15, 0.2) is 0 Å². The average molecular weight is 253 g/mol. The number of carbonyl (C=O) groups excluding carboxylic acids is 1. The first-order valence-electron chi connectivity index (χ1n) is 6.73. The van der Waals surface area contributed by atoms with Gasteiger partial charge in [-0.3, -0.25) is 9.59 Å². The number of nitrogens with one attached hydrogen (secondary N) is 1. The molecule has 2 fully saturated rings. The Bertz CT molecular complexity index is 373. The van der Waals surface area contributed by atoms with Crippen LogP contribution in [0.3, 0.4) is 0 Å². The SMILES string of the molecule is CC1(C)C(C(=O)N[C@@H]2CCC[C@@H]2C(=O)O)C1(C)C. The molecule has 2 aliphatic rings. The zero-order chi connectivity index (χ0) is 13.7. The van der Waals surface area contributed by atoms with Crippen molar-refractivity contribution in [2.75, 3.05) is 0 Å². The Labute approximate surface area is 108 Å². The van der Waals surface area contributed by atoms with Crippen molar-refractivity contribution in [3.05, 3.63) is 0 Å². The first-order chi connectivity index (χ1) is 8.19. The summed E-state index contributed by atoms with van der Waals surface area (Å²) in [6, 6.07) is -0.179. The molecule has 2 atom stereocenters. The van der Waals surface area contributed by atoms with E-state index in [-0.39, 0.29) is 28.7 Å². The minimum absolute atomic E-state index is 0.0000416. The van der Waals surface area contributed by atoms with Crippen LogP contribution in [0, 0.1) is 22.7 Å².